The van der Waals surface area contributed by atoms with Crippen LogP contribution in [-0.4, -0.2) is 30.4 Å². The molecule has 0 radical (unpaired) electrons. The van der Waals surface area contributed by atoms with Crippen molar-refractivity contribution in [3.63, 3.8) is 0 Å². The lowest BCUT2D eigenvalue weighted by Crippen LogP contribution is -2.40. The second-order valence-corrected chi connectivity index (χ2v) is 5.73. The normalized spacial score (nSPS) is 23.3. The van der Waals surface area contributed by atoms with Gasteiger partial charge >= 0.3 is 0 Å². The Morgan fingerprint density at radius 2 is 1.84 bits per heavy atom. The SMILES string of the molecule is CC(C)NCCCC(=O)NC1CCC(C(N)=O)CC1. The van der Waals surface area contributed by atoms with E-state index in [1.165, 1.54) is 0 Å². The van der Waals surface area contributed by atoms with E-state index in [-0.39, 0.29) is 23.8 Å². The Morgan fingerprint density at radius 3 is 2.37 bits per heavy atom. The van der Waals surface area contributed by atoms with E-state index in [2.05, 4.69) is 24.5 Å². The van der Waals surface area contributed by atoms with Crippen LogP contribution in [0.25, 0.3) is 0 Å². The Bertz CT molecular complexity index is 297. The molecule has 19 heavy (non-hydrogen) atoms. The van der Waals surface area contributed by atoms with Gasteiger partial charge in [0, 0.05) is 24.4 Å². The van der Waals surface area contributed by atoms with Crippen molar-refractivity contribution in [3.8, 4) is 0 Å². The fraction of sp³-hybridized carbons (Fsp3) is 0.857. The average Bonchev–Trinajstić information content (AvgIpc) is 2.35. The third-order valence-electron chi connectivity index (χ3n) is 3.63. The first-order valence-electron chi connectivity index (χ1n) is 7.31. The molecule has 0 aliphatic heterocycles. The van der Waals surface area contributed by atoms with Crippen LogP contribution in [0.5, 0.6) is 0 Å². The van der Waals surface area contributed by atoms with E-state index in [0.29, 0.717) is 12.5 Å². The number of carbonyl (C=O) groups excluding carboxylic acids is 2. The fourth-order valence-corrected chi connectivity index (χ4v) is 2.46. The van der Waals surface area contributed by atoms with E-state index in [1.807, 2.05) is 0 Å². The summed E-state index contributed by atoms with van der Waals surface area (Å²) in [4.78, 5) is 22.8. The highest BCUT2D eigenvalue weighted by atomic mass is 16.2. The summed E-state index contributed by atoms with van der Waals surface area (Å²) in [6, 6.07) is 0.688. The first-order chi connectivity index (χ1) is 8.99. The molecule has 0 spiro atoms. The van der Waals surface area contributed by atoms with E-state index < -0.39 is 0 Å². The summed E-state index contributed by atoms with van der Waals surface area (Å²) in [5.41, 5.74) is 5.29. The predicted octanol–water partition coefficient (Wildman–Crippen LogP) is 0.925. The molecule has 5 heteroatoms. The van der Waals surface area contributed by atoms with E-state index in [4.69, 9.17) is 5.73 Å². The van der Waals surface area contributed by atoms with Crippen molar-refractivity contribution < 1.29 is 9.59 Å². The quantitative estimate of drug-likeness (QED) is 0.601. The number of nitrogens with one attached hydrogen (secondary N) is 2. The summed E-state index contributed by atoms with van der Waals surface area (Å²) in [5.74, 6) is -0.0824. The van der Waals surface area contributed by atoms with Crippen molar-refractivity contribution in [2.45, 2.75) is 64.5 Å². The van der Waals surface area contributed by atoms with Gasteiger partial charge in [-0.15, -0.1) is 0 Å². The van der Waals surface area contributed by atoms with E-state index in [0.717, 1.165) is 38.6 Å². The van der Waals surface area contributed by atoms with E-state index >= 15 is 0 Å². The van der Waals surface area contributed by atoms with E-state index in [9.17, 15) is 9.59 Å². The molecule has 4 N–H and O–H groups in total. The summed E-state index contributed by atoms with van der Waals surface area (Å²) in [6.07, 6.45) is 4.76. The third kappa shape index (κ3) is 6.57. The van der Waals surface area contributed by atoms with Crippen molar-refractivity contribution in [2.24, 2.45) is 11.7 Å². The van der Waals surface area contributed by atoms with Crippen molar-refractivity contribution in [1.82, 2.24) is 10.6 Å². The Morgan fingerprint density at radius 1 is 1.21 bits per heavy atom. The number of rotatable bonds is 7. The zero-order chi connectivity index (χ0) is 14.3. The van der Waals surface area contributed by atoms with Crippen LogP contribution in [0.1, 0.15) is 52.4 Å². The lowest BCUT2D eigenvalue weighted by atomic mass is 9.85. The highest BCUT2D eigenvalue weighted by Gasteiger charge is 2.25. The molecule has 1 rings (SSSR count). The smallest absolute Gasteiger partial charge is 0.220 e. The van der Waals surface area contributed by atoms with Crippen molar-refractivity contribution in [2.75, 3.05) is 6.54 Å². The maximum Gasteiger partial charge on any atom is 0.220 e. The number of hydrogen-bond donors (Lipinski definition) is 3. The molecule has 0 aromatic rings. The minimum Gasteiger partial charge on any atom is -0.369 e. The average molecular weight is 269 g/mol. The van der Waals surface area contributed by atoms with Crippen LogP contribution in [0.2, 0.25) is 0 Å². The molecule has 1 fully saturated rings. The molecule has 0 saturated heterocycles. The number of hydrogen-bond acceptors (Lipinski definition) is 3. The first kappa shape index (κ1) is 16.0. The van der Waals surface area contributed by atoms with Crippen LogP contribution < -0.4 is 16.4 Å². The number of carbonyl (C=O) groups is 2. The van der Waals surface area contributed by atoms with Gasteiger partial charge in [-0.25, -0.2) is 0 Å². The minimum absolute atomic E-state index is 0.00314. The van der Waals surface area contributed by atoms with E-state index in [1.54, 1.807) is 0 Å². The largest absolute Gasteiger partial charge is 0.369 e. The van der Waals surface area contributed by atoms with Crippen molar-refractivity contribution in [1.29, 1.82) is 0 Å². The molecule has 0 unspecified atom stereocenters. The Balaban J connectivity index is 2.11. The zero-order valence-corrected chi connectivity index (χ0v) is 12.1. The van der Waals surface area contributed by atoms with Gasteiger partial charge in [-0.2, -0.15) is 0 Å². The molecule has 5 nitrogen and oxygen atoms in total. The Labute approximate surface area is 115 Å². The maximum atomic E-state index is 11.7. The molecule has 2 amide bonds. The second-order valence-electron chi connectivity index (χ2n) is 5.73. The van der Waals surface area contributed by atoms with Gasteiger partial charge in [0.25, 0.3) is 0 Å². The standard InChI is InChI=1S/C14H27N3O2/c1-10(2)16-9-3-4-13(18)17-12-7-5-11(6-8-12)14(15)19/h10-12,16H,3-9H2,1-2H3,(H2,15,19)(H,17,18). The van der Waals surface area contributed by atoms with Crippen LogP contribution in [0.4, 0.5) is 0 Å². The minimum atomic E-state index is -0.204. The molecule has 1 aliphatic carbocycles. The lowest BCUT2D eigenvalue weighted by Gasteiger charge is -2.27. The summed E-state index contributed by atoms with van der Waals surface area (Å²) in [6.45, 7) is 5.06. The zero-order valence-electron chi connectivity index (χ0n) is 12.1. The first-order valence-corrected chi connectivity index (χ1v) is 7.31. The molecule has 0 heterocycles. The second kappa shape index (κ2) is 8.15. The number of amides is 2. The summed E-state index contributed by atoms with van der Waals surface area (Å²) in [5, 5.41) is 6.34. The van der Waals surface area contributed by atoms with Crippen molar-refractivity contribution >= 4 is 11.8 Å². The molecule has 0 aromatic carbocycles. The van der Waals surface area contributed by atoms with Crippen LogP contribution >= 0.6 is 0 Å². The molecular weight excluding hydrogens is 242 g/mol. The van der Waals surface area contributed by atoms with Crippen LogP contribution in [0.3, 0.4) is 0 Å². The molecule has 0 aromatic heterocycles. The van der Waals surface area contributed by atoms with Crippen LogP contribution in [0, 0.1) is 5.92 Å². The summed E-state index contributed by atoms with van der Waals surface area (Å²) >= 11 is 0. The monoisotopic (exact) mass is 269 g/mol. The Hall–Kier alpha value is -1.10. The molecule has 1 aliphatic rings. The van der Waals surface area contributed by atoms with Gasteiger partial charge < -0.3 is 16.4 Å². The molecule has 0 atom stereocenters. The highest BCUT2D eigenvalue weighted by Crippen LogP contribution is 2.23. The maximum absolute atomic E-state index is 11.7. The summed E-state index contributed by atoms with van der Waals surface area (Å²) in [7, 11) is 0. The van der Waals surface area contributed by atoms with Gasteiger partial charge in [0.1, 0.15) is 0 Å². The van der Waals surface area contributed by atoms with Gasteiger partial charge in [-0.1, -0.05) is 13.8 Å². The van der Waals surface area contributed by atoms with Gasteiger partial charge in [0.15, 0.2) is 0 Å². The predicted molar refractivity (Wildman–Crippen MR) is 75.5 cm³/mol. The molecule has 0 bridgehead atoms. The molecular formula is C14H27N3O2. The summed E-state index contributed by atoms with van der Waals surface area (Å²) < 4.78 is 0. The van der Waals surface area contributed by atoms with Gasteiger partial charge in [0.2, 0.25) is 11.8 Å². The van der Waals surface area contributed by atoms with Gasteiger partial charge in [-0.05, 0) is 38.6 Å². The molecule has 110 valence electrons. The topological polar surface area (TPSA) is 84.2 Å². The number of primary amides is 1. The van der Waals surface area contributed by atoms with Crippen molar-refractivity contribution in [3.05, 3.63) is 0 Å². The van der Waals surface area contributed by atoms with Crippen LogP contribution in [0.15, 0.2) is 0 Å². The van der Waals surface area contributed by atoms with Gasteiger partial charge in [0.05, 0.1) is 0 Å². The number of nitrogens with two attached hydrogens (primary N) is 1. The fourth-order valence-electron chi connectivity index (χ4n) is 2.46. The Kier molecular flexibility index (Phi) is 6.84. The lowest BCUT2D eigenvalue weighted by molar-refractivity contribution is -0.123. The van der Waals surface area contributed by atoms with Gasteiger partial charge in [-0.3, -0.25) is 9.59 Å². The van der Waals surface area contributed by atoms with Crippen LogP contribution in [-0.2, 0) is 9.59 Å². The highest BCUT2D eigenvalue weighted by molar-refractivity contribution is 5.77. The molecule has 1 saturated carbocycles. The third-order valence-corrected chi connectivity index (χ3v) is 3.63.